The van der Waals surface area contributed by atoms with E-state index in [1.165, 1.54) is 57.8 Å². The first kappa shape index (κ1) is 9.83. The maximum Gasteiger partial charge on any atom is -0.0241 e. The number of unbranched alkanes of at least 4 members (excludes halogenated alkanes) is 5. The summed E-state index contributed by atoms with van der Waals surface area (Å²) in [6, 6.07) is 0. The van der Waals surface area contributed by atoms with Crippen molar-refractivity contribution in [3.05, 3.63) is 18.6 Å². The molecule has 1 rings (SSSR count). The lowest BCUT2D eigenvalue weighted by Crippen LogP contribution is -1.79. The Kier molecular flexibility index (Phi) is 5.14. The second-order valence-corrected chi connectivity index (χ2v) is 3.85. The van der Waals surface area contributed by atoms with Gasteiger partial charge in [0.2, 0.25) is 0 Å². The number of hydrogen-bond donors (Lipinski definition) is 0. The van der Waals surface area contributed by atoms with E-state index in [0.717, 1.165) is 0 Å². The predicted octanol–water partition coefficient (Wildman–Crippen LogP) is 4.27. The van der Waals surface area contributed by atoms with Crippen LogP contribution in [0, 0.1) is 5.92 Å². The summed E-state index contributed by atoms with van der Waals surface area (Å²) in [6.07, 6.45) is 14.6. The Morgan fingerprint density at radius 1 is 1.00 bits per heavy atom. The molecule has 0 nitrogen and oxygen atoms in total. The highest BCUT2D eigenvalue weighted by Gasteiger charge is 2.20. The van der Waals surface area contributed by atoms with Crippen molar-refractivity contribution >= 4 is 0 Å². The largest absolute Gasteiger partial charge is 0.103 e. The van der Waals surface area contributed by atoms with E-state index < -0.39 is 0 Å². The average molecular weight is 165 g/mol. The van der Waals surface area contributed by atoms with Crippen LogP contribution in [0.2, 0.25) is 0 Å². The highest BCUT2D eigenvalue weighted by atomic mass is 14.2. The standard InChI is InChI=1S/C12H21/c1-2-3-4-5-6-7-8-9-12-10-11-12/h2H,1,3-11H2. The predicted molar refractivity (Wildman–Crippen MR) is 55.0 cm³/mol. The molecule has 0 aliphatic heterocycles. The summed E-state index contributed by atoms with van der Waals surface area (Å²) < 4.78 is 0. The Labute approximate surface area is 77.1 Å². The van der Waals surface area contributed by atoms with Crippen molar-refractivity contribution in [3.8, 4) is 0 Å². The molecule has 1 aliphatic rings. The summed E-state index contributed by atoms with van der Waals surface area (Å²) in [7, 11) is 0. The number of rotatable bonds is 8. The molecule has 0 heterocycles. The normalized spacial score (nSPS) is 16.3. The van der Waals surface area contributed by atoms with Gasteiger partial charge in [0, 0.05) is 0 Å². The second kappa shape index (κ2) is 6.28. The van der Waals surface area contributed by atoms with Crippen molar-refractivity contribution in [3.63, 3.8) is 0 Å². The van der Waals surface area contributed by atoms with Crippen LogP contribution < -0.4 is 0 Å². The molecule has 1 fully saturated rings. The van der Waals surface area contributed by atoms with Gasteiger partial charge in [0.1, 0.15) is 0 Å². The molecule has 1 radical (unpaired) electrons. The fourth-order valence-electron chi connectivity index (χ4n) is 1.53. The first-order valence-corrected chi connectivity index (χ1v) is 5.38. The fourth-order valence-corrected chi connectivity index (χ4v) is 1.53. The Balaban J connectivity index is 1.67. The van der Waals surface area contributed by atoms with Gasteiger partial charge in [0.15, 0.2) is 0 Å². The zero-order valence-corrected chi connectivity index (χ0v) is 8.15. The van der Waals surface area contributed by atoms with Crippen LogP contribution in [0.15, 0.2) is 12.7 Å². The summed E-state index contributed by atoms with van der Waals surface area (Å²) in [5.41, 5.74) is 0. The monoisotopic (exact) mass is 165 g/mol. The molecule has 0 spiro atoms. The third-order valence-electron chi connectivity index (χ3n) is 2.54. The molecule has 0 aromatic heterocycles. The van der Waals surface area contributed by atoms with Crippen LogP contribution in [-0.2, 0) is 0 Å². The molecule has 0 atom stereocenters. The van der Waals surface area contributed by atoms with E-state index in [0.29, 0.717) is 0 Å². The summed E-state index contributed by atoms with van der Waals surface area (Å²) in [6.45, 7) is 3.72. The van der Waals surface area contributed by atoms with Crippen LogP contribution in [0.1, 0.15) is 57.8 Å². The average Bonchev–Trinajstić information content (AvgIpc) is 2.87. The van der Waals surface area contributed by atoms with Gasteiger partial charge in [0.25, 0.3) is 0 Å². The van der Waals surface area contributed by atoms with Crippen LogP contribution in [0.25, 0.3) is 0 Å². The Morgan fingerprint density at radius 2 is 1.67 bits per heavy atom. The van der Waals surface area contributed by atoms with Gasteiger partial charge in [-0.05, 0) is 38.0 Å². The molecule has 0 aromatic carbocycles. The minimum Gasteiger partial charge on any atom is -0.103 e. The van der Waals surface area contributed by atoms with Crippen molar-refractivity contribution in [1.82, 2.24) is 0 Å². The van der Waals surface area contributed by atoms with E-state index in [2.05, 4.69) is 6.58 Å². The lowest BCUT2D eigenvalue weighted by atomic mass is 10.1. The Morgan fingerprint density at radius 3 is 2.33 bits per heavy atom. The summed E-state index contributed by atoms with van der Waals surface area (Å²) in [4.78, 5) is 0. The minimum atomic E-state index is 1.21. The van der Waals surface area contributed by atoms with Gasteiger partial charge in [-0.25, -0.2) is 0 Å². The highest BCUT2D eigenvalue weighted by molar-refractivity contribution is 5.04. The van der Waals surface area contributed by atoms with E-state index in [4.69, 9.17) is 0 Å². The SMILES string of the molecule is C=CCCCCCCC[C]1CC1. The zero-order chi connectivity index (χ0) is 8.65. The fraction of sp³-hybridized carbons (Fsp3) is 0.750. The van der Waals surface area contributed by atoms with Crippen LogP contribution in [-0.4, -0.2) is 0 Å². The van der Waals surface area contributed by atoms with Gasteiger partial charge in [-0.15, -0.1) is 6.58 Å². The van der Waals surface area contributed by atoms with Gasteiger partial charge in [-0.1, -0.05) is 31.8 Å². The van der Waals surface area contributed by atoms with E-state index in [-0.39, 0.29) is 0 Å². The molecule has 0 aromatic rings. The van der Waals surface area contributed by atoms with E-state index in [1.54, 1.807) is 0 Å². The number of hydrogen-bond acceptors (Lipinski definition) is 0. The van der Waals surface area contributed by atoms with Crippen molar-refractivity contribution in [1.29, 1.82) is 0 Å². The van der Waals surface area contributed by atoms with Gasteiger partial charge in [-0.3, -0.25) is 0 Å². The summed E-state index contributed by atoms with van der Waals surface area (Å²) >= 11 is 0. The Hall–Kier alpha value is -0.260. The van der Waals surface area contributed by atoms with E-state index in [1.807, 2.05) is 12.0 Å². The first-order valence-electron chi connectivity index (χ1n) is 5.38. The number of allylic oxidation sites excluding steroid dienone is 1. The second-order valence-electron chi connectivity index (χ2n) is 3.85. The van der Waals surface area contributed by atoms with Crippen LogP contribution in [0.4, 0.5) is 0 Å². The van der Waals surface area contributed by atoms with Crippen molar-refractivity contribution in [2.75, 3.05) is 0 Å². The van der Waals surface area contributed by atoms with Gasteiger partial charge in [0.05, 0.1) is 0 Å². The molecule has 1 aliphatic carbocycles. The zero-order valence-electron chi connectivity index (χ0n) is 8.15. The molecule has 0 saturated heterocycles. The first-order chi connectivity index (χ1) is 5.93. The lowest BCUT2D eigenvalue weighted by Gasteiger charge is -1.98. The third-order valence-corrected chi connectivity index (χ3v) is 2.54. The van der Waals surface area contributed by atoms with Gasteiger partial charge >= 0.3 is 0 Å². The van der Waals surface area contributed by atoms with Crippen molar-refractivity contribution in [2.24, 2.45) is 0 Å². The lowest BCUT2D eigenvalue weighted by molar-refractivity contribution is 0.612. The van der Waals surface area contributed by atoms with E-state index in [9.17, 15) is 0 Å². The summed E-state index contributed by atoms with van der Waals surface area (Å²) in [5, 5.41) is 0. The maximum absolute atomic E-state index is 3.72. The van der Waals surface area contributed by atoms with E-state index >= 15 is 0 Å². The minimum absolute atomic E-state index is 1.21. The maximum atomic E-state index is 3.72. The molecule has 0 unspecified atom stereocenters. The van der Waals surface area contributed by atoms with Crippen LogP contribution >= 0.6 is 0 Å². The van der Waals surface area contributed by atoms with Crippen molar-refractivity contribution < 1.29 is 0 Å². The summed E-state index contributed by atoms with van der Waals surface area (Å²) in [5.74, 6) is 1.82. The van der Waals surface area contributed by atoms with Gasteiger partial charge in [-0.2, -0.15) is 0 Å². The quantitative estimate of drug-likeness (QED) is 0.372. The molecule has 0 bridgehead atoms. The smallest absolute Gasteiger partial charge is 0.0241 e. The molecular formula is C12H21. The molecule has 12 heavy (non-hydrogen) atoms. The van der Waals surface area contributed by atoms with Crippen LogP contribution in [0.3, 0.4) is 0 Å². The molecule has 0 heteroatoms. The molecule has 0 amide bonds. The molecule has 0 N–H and O–H groups in total. The van der Waals surface area contributed by atoms with Gasteiger partial charge < -0.3 is 0 Å². The van der Waals surface area contributed by atoms with Crippen LogP contribution in [0.5, 0.6) is 0 Å². The molecular weight excluding hydrogens is 144 g/mol. The third kappa shape index (κ3) is 5.40. The molecule has 69 valence electrons. The Bertz CT molecular complexity index is 111. The van der Waals surface area contributed by atoms with Crippen molar-refractivity contribution in [2.45, 2.75) is 57.8 Å². The topological polar surface area (TPSA) is 0 Å². The highest BCUT2D eigenvalue weighted by Crippen LogP contribution is 2.36. The molecule has 1 saturated carbocycles.